The van der Waals surface area contributed by atoms with E-state index in [0.717, 1.165) is 24.3 Å². The predicted molar refractivity (Wildman–Crippen MR) is 104 cm³/mol. The predicted octanol–water partition coefficient (Wildman–Crippen LogP) is 3.04. The van der Waals surface area contributed by atoms with E-state index >= 15 is 0 Å². The molecule has 0 radical (unpaired) electrons. The van der Waals surface area contributed by atoms with Crippen molar-refractivity contribution < 1.29 is 14.3 Å². The van der Waals surface area contributed by atoms with Gasteiger partial charge in [0.1, 0.15) is 5.75 Å². The summed E-state index contributed by atoms with van der Waals surface area (Å²) >= 11 is 0. The molecule has 6 nitrogen and oxygen atoms in total. The summed E-state index contributed by atoms with van der Waals surface area (Å²) < 4.78 is 5.48. The molecule has 0 bridgehead atoms. The lowest BCUT2D eigenvalue weighted by Gasteiger charge is -2.46. The lowest BCUT2D eigenvalue weighted by atomic mass is 9.96. The van der Waals surface area contributed by atoms with Gasteiger partial charge in [-0.15, -0.1) is 0 Å². The number of carbonyl (C=O) groups is 2. The number of carbonyl (C=O) groups excluding carboxylic acids is 2. The summed E-state index contributed by atoms with van der Waals surface area (Å²) in [5, 5.41) is 2.76. The zero-order valence-electron chi connectivity index (χ0n) is 15.0. The maximum atomic E-state index is 13.4. The van der Waals surface area contributed by atoms with Crippen LogP contribution in [0.1, 0.15) is 29.6 Å². The fourth-order valence-electron chi connectivity index (χ4n) is 4.31. The number of benzene rings is 2. The lowest BCUT2D eigenvalue weighted by molar-refractivity contribution is -0.118. The van der Waals surface area contributed by atoms with Crippen molar-refractivity contribution in [3.05, 3.63) is 48.0 Å². The minimum absolute atomic E-state index is 0.0196. The van der Waals surface area contributed by atoms with E-state index in [1.807, 2.05) is 23.1 Å². The minimum atomic E-state index is -0.177. The van der Waals surface area contributed by atoms with Gasteiger partial charge in [-0.1, -0.05) is 12.1 Å². The number of amides is 2. The molecular weight excluding hydrogens is 342 g/mol. The maximum Gasteiger partial charge on any atom is 0.262 e. The van der Waals surface area contributed by atoms with Gasteiger partial charge in [0.15, 0.2) is 6.61 Å². The molecule has 27 heavy (non-hydrogen) atoms. The van der Waals surface area contributed by atoms with Gasteiger partial charge in [0.25, 0.3) is 11.8 Å². The molecule has 2 amide bonds. The van der Waals surface area contributed by atoms with Gasteiger partial charge in [-0.25, -0.2) is 0 Å². The maximum absolute atomic E-state index is 13.4. The van der Waals surface area contributed by atoms with E-state index in [4.69, 9.17) is 4.74 Å². The second-order valence-corrected chi connectivity index (χ2v) is 7.30. The molecule has 2 aromatic rings. The van der Waals surface area contributed by atoms with E-state index in [0.29, 0.717) is 29.6 Å². The molecular formula is C21H21N3O3. The standard InChI is InChI=1S/C21H21N3O3/c25-20-13-27-19-11-14(8-9-16(19)22-20)21(26)24-12-15-5-3-4-10-23(15)17-6-1-2-7-18(17)24/h1-2,6-9,11,15H,3-5,10,12-13H2,(H,22,25)/t15-/m1/s1. The summed E-state index contributed by atoms with van der Waals surface area (Å²) in [4.78, 5) is 29.1. The van der Waals surface area contributed by atoms with Crippen LogP contribution in [0.5, 0.6) is 5.75 Å². The molecule has 3 heterocycles. The second kappa shape index (κ2) is 6.30. The lowest BCUT2D eigenvalue weighted by Crippen LogP contribution is -2.52. The Morgan fingerprint density at radius 3 is 2.85 bits per heavy atom. The molecule has 0 saturated carbocycles. The van der Waals surface area contributed by atoms with Crippen LogP contribution >= 0.6 is 0 Å². The van der Waals surface area contributed by atoms with Crippen molar-refractivity contribution in [2.24, 2.45) is 0 Å². The fourth-order valence-corrected chi connectivity index (χ4v) is 4.31. The van der Waals surface area contributed by atoms with Crippen molar-refractivity contribution in [1.29, 1.82) is 0 Å². The monoisotopic (exact) mass is 363 g/mol. The number of nitrogens with zero attached hydrogens (tertiary/aromatic N) is 2. The number of ether oxygens (including phenoxy) is 1. The normalized spacial score (nSPS) is 20.7. The number of hydrogen-bond acceptors (Lipinski definition) is 4. The van der Waals surface area contributed by atoms with Crippen LogP contribution in [0.25, 0.3) is 0 Å². The summed E-state index contributed by atoms with van der Waals surface area (Å²) in [6.07, 6.45) is 3.52. The summed E-state index contributed by atoms with van der Waals surface area (Å²) in [5.74, 6) is 0.338. The molecule has 3 aliphatic heterocycles. The second-order valence-electron chi connectivity index (χ2n) is 7.30. The quantitative estimate of drug-likeness (QED) is 0.846. The van der Waals surface area contributed by atoms with Gasteiger partial charge in [0, 0.05) is 24.7 Å². The zero-order chi connectivity index (χ0) is 18.4. The first-order valence-corrected chi connectivity index (χ1v) is 9.45. The minimum Gasteiger partial charge on any atom is -0.482 e. The Morgan fingerprint density at radius 1 is 1.11 bits per heavy atom. The molecule has 0 aliphatic carbocycles. The molecule has 5 rings (SSSR count). The third-order valence-electron chi connectivity index (χ3n) is 5.61. The number of rotatable bonds is 1. The molecule has 1 fully saturated rings. The van der Waals surface area contributed by atoms with Crippen LogP contribution in [0.3, 0.4) is 0 Å². The molecule has 0 unspecified atom stereocenters. The van der Waals surface area contributed by atoms with Gasteiger partial charge in [-0.05, 0) is 49.6 Å². The van der Waals surface area contributed by atoms with Gasteiger partial charge >= 0.3 is 0 Å². The Balaban J connectivity index is 1.50. The van der Waals surface area contributed by atoms with Crippen molar-refractivity contribution in [2.45, 2.75) is 25.3 Å². The van der Waals surface area contributed by atoms with E-state index in [1.54, 1.807) is 18.2 Å². The van der Waals surface area contributed by atoms with Crippen molar-refractivity contribution >= 4 is 28.9 Å². The van der Waals surface area contributed by atoms with Crippen LogP contribution < -0.4 is 19.9 Å². The molecule has 3 aliphatic rings. The molecule has 0 spiro atoms. The fraction of sp³-hybridized carbons (Fsp3) is 0.333. The summed E-state index contributed by atoms with van der Waals surface area (Å²) in [6, 6.07) is 13.7. The van der Waals surface area contributed by atoms with Crippen LogP contribution in [0, 0.1) is 0 Å². The Kier molecular flexibility index (Phi) is 3.77. The van der Waals surface area contributed by atoms with E-state index in [9.17, 15) is 9.59 Å². The Morgan fingerprint density at radius 2 is 1.96 bits per heavy atom. The molecule has 6 heteroatoms. The van der Waals surface area contributed by atoms with Crippen molar-refractivity contribution in [3.8, 4) is 5.75 Å². The topological polar surface area (TPSA) is 61.9 Å². The first kappa shape index (κ1) is 16.2. The van der Waals surface area contributed by atoms with Crippen molar-refractivity contribution in [1.82, 2.24) is 0 Å². The van der Waals surface area contributed by atoms with Crippen LogP contribution in [-0.2, 0) is 4.79 Å². The van der Waals surface area contributed by atoms with Gasteiger partial charge in [0.05, 0.1) is 17.1 Å². The Bertz CT molecular complexity index is 927. The highest BCUT2D eigenvalue weighted by molar-refractivity contribution is 6.09. The van der Waals surface area contributed by atoms with E-state index in [-0.39, 0.29) is 18.4 Å². The molecule has 138 valence electrons. The molecule has 0 aromatic heterocycles. The molecule has 2 aromatic carbocycles. The average molecular weight is 363 g/mol. The number of piperidine rings is 1. The van der Waals surface area contributed by atoms with Gasteiger partial charge < -0.3 is 19.9 Å². The SMILES string of the molecule is O=C1COc2cc(C(=O)N3C[C@H]4CCCCN4c4ccccc43)ccc2N1. The highest BCUT2D eigenvalue weighted by Crippen LogP contribution is 2.39. The third-order valence-corrected chi connectivity index (χ3v) is 5.61. The van der Waals surface area contributed by atoms with Gasteiger partial charge in [0.2, 0.25) is 0 Å². The van der Waals surface area contributed by atoms with E-state index < -0.39 is 0 Å². The summed E-state index contributed by atoms with van der Waals surface area (Å²) in [7, 11) is 0. The Hall–Kier alpha value is -3.02. The Labute approximate surface area is 157 Å². The van der Waals surface area contributed by atoms with Crippen LogP contribution in [0.15, 0.2) is 42.5 Å². The highest BCUT2D eigenvalue weighted by Gasteiger charge is 2.35. The van der Waals surface area contributed by atoms with Gasteiger partial charge in [-0.2, -0.15) is 0 Å². The number of nitrogens with one attached hydrogen (secondary N) is 1. The molecule has 1 N–H and O–H groups in total. The first-order chi connectivity index (χ1) is 13.2. The first-order valence-electron chi connectivity index (χ1n) is 9.45. The van der Waals surface area contributed by atoms with Crippen molar-refractivity contribution in [2.75, 3.05) is 34.8 Å². The number of anilines is 3. The van der Waals surface area contributed by atoms with E-state index in [2.05, 4.69) is 16.3 Å². The van der Waals surface area contributed by atoms with Crippen molar-refractivity contribution in [3.63, 3.8) is 0 Å². The largest absolute Gasteiger partial charge is 0.482 e. The van der Waals surface area contributed by atoms with E-state index in [1.165, 1.54) is 12.8 Å². The highest BCUT2D eigenvalue weighted by atomic mass is 16.5. The summed E-state index contributed by atoms with van der Waals surface area (Å²) in [6.45, 7) is 1.73. The molecule has 1 saturated heterocycles. The van der Waals surface area contributed by atoms with Crippen LogP contribution in [0.2, 0.25) is 0 Å². The number of para-hydroxylation sites is 2. The number of fused-ring (bicyclic) bond motifs is 4. The smallest absolute Gasteiger partial charge is 0.262 e. The van der Waals surface area contributed by atoms with Crippen LogP contribution in [0.4, 0.5) is 17.1 Å². The number of hydrogen-bond donors (Lipinski definition) is 1. The van der Waals surface area contributed by atoms with Gasteiger partial charge in [-0.3, -0.25) is 9.59 Å². The zero-order valence-corrected chi connectivity index (χ0v) is 15.0. The van der Waals surface area contributed by atoms with Crippen LogP contribution in [-0.4, -0.2) is 37.6 Å². The average Bonchev–Trinajstić information content (AvgIpc) is 2.72. The third kappa shape index (κ3) is 2.72. The molecule has 1 atom stereocenters. The summed E-state index contributed by atoms with van der Waals surface area (Å²) in [5.41, 5.74) is 3.29.